The SMILES string of the molecule is CCCNC(=O)C(C)n1c(=S)[nH]c2cccc(C)c21. The largest absolute Gasteiger partial charge is 0.354 e. The van der Waals surface area contributed by atoms with Gasteiger partial charge in [0.1, 0.15) is 6.04 Å². The molecular formula is C14H19N3OS. The van der Waals surface area contributed by atoms with E-state index in [1.165, 1.54) is 0 Å². The van der Waals surface area contributed by atoms with Gasteiger partial charge in [0.2, 0.25) is 5.91 Å². The Morgan fingerprint density at radius 2 is 2.26 bits per heavy atom. The summed E-state index contributed by atoms with van der Waals surface area (Å²) in [6, 6.07) is 5.67. The van der Waals surface area contributed by atoms with Crippen LogP contribution in [0.3, 0.4) is 0 Å². The normalized spacial score (nSPS) is 12.6. The van der Waals surface area contributed by atoms with Gasteiger partial charge in [-0.05, 0) is 44.1 Å². The smallest absolute Gasteiger partial charge is 0.242 e. The zero-order chi connectivity index (χ0) is 14.0. The summed E-state index contributed by atoms with van der Waals surface area (Å²) in [5.74, 6) is 0.00195. The molecule has 0 aliphatic rings. The number of aromatic amines is 1. The van der Waals surface area contributed by atoms with Gasteiger partial charge in [0.15, 0.2) is 4.77 Å². The van der Waals surface area contributed by atoms with E-state index in [0.717, 1.165) is 23.0 Å². The summed E-state index contributed by atoms with van der Waals surface area (Å²) in [4.78, 5) is 15.3. The van der Waals surface area contributed by atoms with Crippen molar-refractivity contribution < 1.29 is 4.79 Å². The van der Waals surface area contributed by atoms with Crippen LogP contribution in [0.15, 0.2) is 18.2 Å². The minimum atomic E-state index is -0.311. The van der Waals surface area contributed by atoms with Gasteiger partial charge in [0, 0.05) is 6.54 Å². The van der Waals surface area contributed by atoms with E-state index >= 15 is 0 Å². The number of nitrogens with one attached hydrogen (secondary N) is 2. The Morgan fingerprint density at radius 1 is 1.53 bits per heavy atom. The number of para-hydroxylation sites is 1. The van der Waals surface area contributed by atoms with Gasteiger partial charge < -0.3 is 14.9 Å². The lowest BCUT2D eigenvalue weighted by Crippen LogP contribution is -2.31. The van der Waals surface area contributed by atoms with Crippen molar-refractivity contribution in [2.45, 2.75) is 33.2 Å². The molecule has 2 N–H and O–H groups in total. The molecule has 0 spiro atoms. The summed E-state index contributed by atoms with van der Waals surface area (Å²) < 4.78 is 2.48. The number of amides is 1. The lowest BCUT2D eigenvalue weighted by atomic mass is 10.2. The van der Waals surface area contributed by atoms with Crippen LogP contribution < -0.4 is 5.32 Å². The third-order valence-electron chi connectivity index (χ3n) is 3.26. The molecule has 0 aliphatic carbocycles. The molecule has 4 nitrogen and oxygen atoms in total. The molecule has 1 unspecified atom stereocenters. The van der Waals surface area contributed by atoms with Gasteiger partial charge in [-0.15, -0.1) is 0 Å². The minimum absolute atomic E-state index is 0.00195. The predicted molar refractivity (Wildman–Crippen MR) is 79.9 cm³/mol. The molecule has 2 rings (SSSR count). The molecule has 1 aromatic heterocycles. The maximum Gasteiger partial charge on any atom is 0.242 e. The van der Waals surface area contributed by atoms with E-state index in [1.807, 2.05) is 43.5 Å². The van der Waals surface area contributed by atoms with Crippen LogP contribution in [-0.2, 0) is 4.79 Å². The first kappa shape index (κ1) is 13.8. The van der Waals surface area contributed by atoms with Crippen molar-refractivity contribution in [2.75, 3.05) is 6.54 Å². The van der Waals surface area contributed by atoms with Crippen molar-refractivity contribution in [1.29, 1.82) is 0 Å². The number of carbonyl (C=O) groups is 1. The molecule has 1 aromatic carbocycles. The Morgan fingerprint density at radius 3 is 2.95 bits per heavy atom. The fourth-order valence-corrected chi connectivity index (χ4v) is 2.60. The minimum Gasteiger partial charge on any atom is -0.354 e. The van der Waals surface area contributed by atoms with Crippen molar-refractivity contribution >= 4 is 29.2 Å². The number of carbonyl (C=O) groups excluding carboxylic acids is 1. The second-order valence-corrected chi connectivity index (χ2v) is 5.12. The monoisotopic (exact) mass is 277 g/mol. The summed E-state index contributed by atoms with van der Waals surface area (Å²) in [5.41, 5.74) is 3.09. The van der Waals surface area contributed by atoms with Crippen molar-refractivity contribution in [3.8, 4) is 0 Å². The maximum atomic E-state index is 12.1. The van der Waals surface area contributed by atoms with Crippen LogP contribution in [0.25, 0.3) is 11.0 Å². The van der Waals surface area contributed by atoms with Gasteiger partial charge in [0.05, 0.1) is 11.0 Å². The number of H-pyrrole nitrogens is 1. The first-order valence-corrected chi connectivity index (χ1v) is 6.94. The van der Waals surface area contributed by atoms with E-state index in [9.17, 15) is 4.79 Å². The van der Waals surface area contributed by atoms with Gasteiger partial charge >= 0.3 is 0 Å². The maximum absolute atomic E-state index is 12.1. The molecule has 0 saturated carbocycles. The number of hydrogen-bond acceptors (Lipinski definition) is 2. The molecule has 1 heterocycles. The van der Waals surface area contributed by atoms with E-state index < -0.39 is 0 Å². The first-order valence-electron chi connectivity index (χ1n) is 6.53. The zero-order valence-corrected chi connectivity index (χ0v) is 12.3. The van der Waals surface area contributed by atoms with Gasteiger partial charge in [-0.25, -0.2) is 0 Å². The highest BCUT2D eigenvalue weighted by atomic mass is 32.1. The molecule has 0 bridgehead atoms. The number of hydrogen-bond donors (Lipinski definition) is 2. The van der Waals surface area contributed by atoms with E-state index in [2.05, 4.69) is 10.3 Å². The van der Waals surface area contributed by atoms with Gasteiger partial charge in [0.25, 0.3) is 0 Å². The number of imidazole rings is 1. The molecule has 2 aromatic rings. The summed E-state index contributed by atoms with van der Waals surface area (Å²) in [7, 11) is 0. The Hall–Kier alpha value is -1.62. The second kappa shape index (κ2) is 5.57. The van der Waals surface area contributed by atoms with Crippen LogP contribution in [0.5, 0.6) is 0 Å². The van der Waals surface area contributed by atoms with Crippen LogP contribution in [0.4, 0.5) is 0 Å². The average Bonchev–Trinajstić information content (AvgIpc) is 2.72. The predicted octanol–water partition coefficient (Wildman–Crippen LogP) is 3.09. The van der Waals surface area contributed by atoms with E-state index in [4.69, 9.17) is 12.2 Å². The lowest BCUT2D eigenvalue weighted by molar-refractivity contribution is -0.123. The van der Waals surface area contributed by atoms with Crippen molar-refractivity contribution in [3.05, 3.63) is 28.5 Å². The van der Waals surface area contributed by atoms with Gasteiger partial charge in [-0.2, -0.15) is 0 Å². The van der Waals surface area contributed by atoms with Gasteiger partial charge in [-0.3, -0.25) is 4.79 Å². The first-order chi connectivity index (χ1) is 9.06. The fourth-order valence-electron chi connectivity index (χ4n) is 2.24. The van der Waals surface area contributed by atoms with Crippen LogP contribution in [0.2, 0.25) is 0 Å². The van der Waals surface area contributed by atoms with Crippen molar-refractivity contribution in [1.82, 2.24) is 14.9 Å². The van der Waals surface area contributed by atoms with Crippen LogP contribution in [0.1, 0.15) is 31.9 Å². The standard InChI is InChI=1S/C14H19N3OS/c1-4-8-15-13(18)10(3)17-12-9(2)6-5-7-11(12)16-14(17)19/h5-7,10H,4,8H2,1-3H3,(H,15,18)(H,16,19). The lowest BCUT2D eigenvalue weighted by Gasteiger charge is -2.15. The third kappa shape index (κ3) is 2.56. The number of nitrogens with zero attached hydrogens (tertiary/aromatic N) is 1. The van der Waals surface area contributed by atoms with Crippen molar-refractivity contribution in [3.63, 3.8) is 0 Å². The van der Waals surface area contributed by atoms with Crippen LogP contribution in [0, 0.1) is 11.7 Å². The van der Waals surface area contributed by atoms with Crippen molar-refractivity contribution in [2.24, 2.45) is 0 Å². The summed E-state index contributed by atoms with van der Waals surface area (Å²) in [6.45, 7) is 6.63. The Kier molecular flexibility index (Phi) is 4.04. The van der Waals surface area contributed by atoms with E-state index in [-0.39, 0.29) is 11.9 Å². The van der Waals surface area contributed by atoms with Gasteiger partial charge in [-0.1, -0.05) is 19.1 Å². The molecule has 0 fully saturated rings. The molecule has 0 radical (unpaired) electrons. The molecule has 1 amide bonds. The number of rotatable bonds is 4. The Balaban J connectivity index is 2.47. The quantitative estimate of drug-likeness (QED) is 0.844. The highest BCUT2D eigenvalue weighted by molar-refractivity contribution is 7.71. The second-order valence-electron chi connectivity index (χ2n) is 4.74. The third-order valence-corrected chi connectivity index (χ3v) is 3.55. The van der Waals surface area contributed by atoms with Crippen LogP contribution >= 0.6 is 12.2 Å². The van der Waals surface area contributed by atoms with Crippen LogP contribution in [-0.4, -0.2) is 22.0 Å². The van der Waals surface area contributed by atoms with E-state index in [1.54, 1.807) is 0 Å². The molecule has 5 heteroatoms. The number of aryl methyl sites for hydroxylation is 1. The molecular weight excluding hydrogens is 258 g/mol. The summed E-state index contributed by atoms with van der Waals surface area (Å²) in [6.07, 6.45) is 0.927. The number of fused-ring (bicyclic) bond motifs is 1. The molecule has 0 saturated heterocycles. The highest BCUT2D eigenvalue weighted by Gasteiger charge is 2.18. The molecule has 1 atom stereocenters. The summed E-state index contributed by atoms with van der Waals surface area (Å²) >= 11 is 5.35. The van der Waals surface area contributed by atoms with E-state index in [0.29, 0.717) is 11.3 Å². The fraction of sp³-hybridized carbons (Fsp3) is 0.429. The Labute approximate surface area is 117 Å². The zero-order valence-electron chi connectivity index (χ0n) is 11.5. The molecule has 0 aliphatic heterocycles. The molecule has 102 valence electrons. The number of benzene rings is 1. The number of aromatic nitrogens is 2. The topological polar surface area (TPSA) is 49.8 Å². The average molecular weight is 277 g/mol. The molecule has 19 heavy (non-hydrogen) atoms. The Bertz CT molecular complexity index is 656. The summed E-state index contributed by atoms with van der Waals surface area (Å²) in [5, 5.41) is 2.91. The highest BCUT2D eigenvalue weighted by Crippen LogP contribution is 2.22.